The number of carbonyl (C=O) groups excluding carboxylic acids is 1. The van der Waals surface area contributed by atoms with Gasteiger partial charge in [0.1, 0.15) is 18.1 Å². The number of rotatable bonds is 3. The Morgan fingerprint density at radius 2 is 2.14 bits per heavy atom. The molecule has 0 N–H and O–H groups in total. The number of hydrogen-bond donors (Lipinski definition) is 0. The summed E-state index contributed by atoms with van der Waals surface area (Å²) in [7, 11) is 1.44. The van der Waals surface area contributed by atoms with Crippen LogP contribution in [0.4, 0.5) is 8.78 Å². The molecule has 116 valence electrons. The third-order valence-corrected chi connectivity index (χ3v) is 4.84. The number of thiophene rings is 1. The molecule has 1 fully saturated rings. The van der Waals surface area contributed by atoms with Crippen molar-refractivity contribution in [2.24, 2.45) is 0 Å². The Morgan fingerprint density at radius 3 is 2.82 bits per heavy atom. The number of methoxy groups -OCH3 is 1. The topological polar surface area (TPSA) is 29.5 Å². The van der Waals surface area contributed by atoms with E-state index in [2.05, 4.69) is 0 Å². The van der Waals surface area contributed by atoms with Crippen LogP contribution < -0.4 is 0 Å². The zero-order valence-electron chi connectivity index (χ0n) is 12.0. The van der Waals surface area contributed by atoms with Crippen LogP contribution in [0.2, 0.25) is 0 Å². The van der Waals surface area contributed by atoms with Crippen LogP contribution >= 0.6 is 11.3 Å². The van der Waals surface area contributed by atoms with Gasteiger partial charge in [0, 0.05) is 12.0 Å². The van der Waals surface area contributed by atoms with Gasteiger partial charge in [0.15, 0.2) is 0 Å². The molecule has 1 aromatic heterocycles. The zero-order valence-corrected chi connectivity index (χ0v) is 12.8. The Kier molecular flexibility index (Phi) is 4.22. The number of amides is 1. The number of likely N-dealkylation sites (tertiary alicyclic amines) is 1. The highest BCUT2D eigenvalue weighted by atomic mass is 32.1. The lowest BCUT2D eigenvalue weighted by atomic mass is 10.2. The first-order valence-corrected chi connectivity index (χ1v) is 7.72. The van der Waals surface area contributed by atoms with Crippen LogP contribution in [0.5, 0.6) is 0 Å². The zero-order chi connectivity index (χ0) is 15.7. The highest BCUT2D eigenvalue weighted by molar-refractivity contribution is 7.17. The first-order chi connectivity index (χ1) is 10.6. The minimum absolute atomic E-state index is 0.0462. The van der Waals surface area contributed by atoms with Crippen molar-refractivity contribution < 1.29 is 18.3 Å². The molecule has 1 aliphatic heterocycles. The van der Waals surface area contributed by atoms with Crippen molar-refractivity contribution in [1.82, 2.24) is 4.90 Å². The second-order valence-electron chi connectivity index (χ2n) is 5.17. The smallest absolute Gasteiger partial charge is 0.264 e. The van der Waals surface area contributed by atoms with Gasteiger partial charge < -0.3 is 9.64 Å². The van der Waals surface area contributed by atoms with E-state index in [1.807, 2.05) is 0 Å². The van der Waals surface area contributed by atoms with Crippen molar-refractivity contribution in [2.45, 2.75) is 12.3 Å². The maximum absolute atomic E-state index is 13.7. The number of alkyl halides is 1. The molecule has 2 heterocycles. The maximum Gasteiger partial charge on any atom is 0.264 e. The van der Waals surface area contributed by atoms with Gasteiger partial charge in [0.2, 0.25) is 0 Å². The van der Waals surface area contributed by atoms with Crippen LogP contribution in [0.25, 0.3) is 10.4 Å². The van der Waals surface area contributed by atoms with E-state index < -0.39 is 12.3 Å². The summed E-state index contributed by atoms with van der Waals surface area (Å²) >= 11 is 1.28. The molecule has 3 rings (SSSR count). The van der Waals surface area contributed by atoms with Crippen molar-refractivity contribution in [3.05, 3.63) is 47.1 Å². The molecule has 0 bridgehead atoms. The molecule has 0 spiro atoms. The van der Waals surface area contributed by atoms with Gasteiger partial charge in [0.25, 0.3) is 5.91 Å². The summed E-state index contributed by atoms with van der Waals surface area (Å²) in [6.07, 6.45) is -1.72. The number of carbonyl (C=O) groups is 1. The van der Waals surface area contributed by atoms with Gasteiger partial charge in [-0.05, 0) is 29.8 Å². The molecule has 6 heteroatoms. The molecule has 22 heavy (non-hydrogen) atoms. The second kappa shape index (κ2) is 6.14. The fraction of sp³-hybridized carbons (Fsp3) is 0.312. The van der Waals surface area contributed by atoms with Crippen LogP contribution in [0.15, 0.2) is 36.4 Å². The van der Waals surface area contributed by atoms with E-state index in [9.17, 15) is 13.6 Å². The van der Waals surface area contributed by atoms with Crippen LogP contribution in [-0.2, 0) is 4.74 Å². The van der Waals surface area contributed by atoms with E-state index in [4.69, 9.17) is 4.74 Å². The Morgan fingerprint density at radius 1 is 1.32 bits per heavy atom. The van der Waals surface area contributed by atoms with Crippen molar-refractivity contribution >= 4 is 17.2 Å². The standard InChI is InChI=1S/C16H15F2NO2S/c1-21-13-9-19(8-12(13)18)16(20)15-6-5-14(22-15)10-3-2-4-11(17)7-10/h2-7,12-13H,8-9H2,1H3/t12-,13-/m0/s1. The summed E-state index contributed by atoms with van der Waals surface area (Å²) in [5, 5.41) is 0. The number of nitrogens with zero attached hydrogens (tertiary/aromatic N) is 1. The average molecular weight is 323 g/mol. The number of ether oxygens (including phenoxy) is 1. The Labute approximate surface area is 131 Å². The van der Waals surface area contributed by atoms with Gasteiger partial charge in [-0.2, -0.15) is 0 Å². The Balaban J connectivity index is 1.78. The maximum atomic E-state index is 13.7. The first-order valence-electron chi connectivity index (χ1n) is 6.90. The summed E-state index contributed by atoms with van der Waals surface area (Å²) in [4.78, 5) is 15.2. The molecule has 1 aliphatic rings. The highest BCUT2D eigenvalue weighted by Crippen LogP contribution is 2.30. The molecule has 3 nitrogen and oxygen atoms in total. The fourth-order valence-corrected chi connectivity index (χ4v) is 3.50. The summed E-state index contributed by atoms with van der Waals surface area (Å²) in [5.74, 6) is -0.531. The van der Waals surface area contributed by atoms with Gasteiger partial charge >= 0.3 is 0 Å². The summed E-state index contributed by atoms with van der Waals surface area (Å²) in [6.45, 7) is 0.300. The third kappa shape index (κ3) is 2.89. The summed E-state index contributed by atoms with van der Waals surface area (Å²) < 4.78 is 32.0. The first kappa shape index (κ1) is 15.1. The van der Waals surface area contributed by atoms with Crippen LogP contribution in [-0.4, -0.2) is 43.3 Å². The second-order valence-corrected chi connectivity index (χ2v) is 6.26. The van der Waals surface area contributed by atoms with Crippen molar-refractivity contribution in [3.8, 4) is 10.4 Å². The minimum atomic E-state index is -1.16. The van der Waals surface area contributed by atoms with E-state index in [1.165, 1.54) is 35.5 Å². The largest absolute Gasteiger partial charge is 0.377 e. The monoisotopic (exact) mass is 323 g/mol. The lowest BCUT2D eigenvalue weighted by Crippen LogP contribution is -2.29. The predicted octanol–water partition coefficient (Wildman–Crippen LogP) is 3.36. The van der Waals surface area contributed by atoms with Crippen molar-refractivity contribution in [3.63, 3.8) is 0 Å². The molecule has 0 unspecified atom stereocenters. The average Bonchev–Trinajstić information content (AvgIpc) is 3.13. The third-order valence-electron chi connectivity index (χ3n) is 3.71. The molecule has 0 aliphatic carbocycles. The van der Waals surface area contributed by atoms with Gasteiger partial charge in [-0.1, -0.05) is 12.1 Å². The van der Waals surface area contributed by atoms with Gasteiger partial charge in [0.05, 0.1) is 18.0 Å². The molecule has 1 aromatic carbocycles. The molecular weight excluding hydrogens is 308 g/mol. The van der Waals surface area contributed by atoms with E-state index in [1.54, 1.807) is 24.3 Å². The molecule has 2 aromatic rings. The van der Waals surface area contributed by atoms with E-state index >= 15 is 0 Å². The van der Waals surface area contributed by atoms with Crippen LogP contribution in [0.1, 0.15) is 9.67 Å². The van der Waals surface area contributed by atoms with Gasteiger partial charge in [-0.15, -0.1) is 11.3 Å². The lowest BCUT2D eigenvalue weighted by Gasteiger charge is -2.14. The van der Waals surface area contributed by atoms with Crippen LogP contribution in [0.3, 0.4) is 0 Å². The van der Waals surface area contributed by atoms with E-state index in [0.717, 1.165) is 10.4 Å². The Hall–Kier alpha value is -1.79. The summed E-state index contributed by atoms with van der Waals surface area (Å²) in [5.41, 5.74) is 0.726. The number of hydrogen-bond acceptors (Lipinski definition) is 3. The van der Waals surface area contributed by atoms with Gasteiger partial charge in [-0.3, -0.25) is 4.79 Å². The van der Waals surface area contributed by atoms with E-state index in [-0.39, 0.29) is 24.8 Å². The Bertz CT molecular complexity index is 688. The highest BCUT2D eigenvalue weighted by Gasteiger charge is 2.36. The van der Waals surface area contributed by atoms with E-state index in [0.29, 0.717) is 4.88 Å². The molecule has 0 radical (unpaired) electrons. The van der Waals surface area contributed by atoms with Crippen molar-refractivity contribution in [2.75, 3.05) is 20.2 Å². The molecule has 1 amide bonds. The lowest BCUT2D eigenvalue weighted by molar-refractivity contribution is 0.0596. The van der Waals surface area contributed by atoms with Gasteiger partial charge in [-0.25, -0.2) is 8.78 Å². The molecule has 2 atom stereocenters. The summed E-state index contributed by atoms with van der Waals surface area (Å²) in [6, 6.07) is 9.69. The number of benzene rings is 1. The van der Waals surface area contributed by atoms with Crippen molar-refractivity contribution in [1.29, 1.82) is 0 Å². The normalized spacial score (nSPS) is 21.3. The SMILES string of the molecule is CO[C@H]1CN(C(=O)c2ccc(-c3cccc(F)c3)s2)C[C@@H]1F. The number of halogens is 2. The predicted molar refractivity (Wildman–Crippen MR) is 81.3 cm³/mol. The molecular formula is C16H15F2NO2S. The fourth-order valence-electron chi connectivity index (χ4n) is 2.53. The molecule has 0 saturated carbocycles. The quantitative estimate of drug-likeness (QED) is 0.867. The molecule has 1 saturated heterocycles. The van der Waals surface area contributed by atoms with Crippen LogP contribution in [0, 0.1) is 5.82 Å². The minimum Gasteiger partial charge on any atom is -0.377 e.